The Kier molecular flexibility index (Phi) is 7.46. The van der Waals surface area contributed by atoms with E-state index in [9.17, 15) is 13.9 Å². The summed E-state index contributed by atoms with van der Waals surface area (Å²) in [4.78, 5) is 3.92. The lowest BCUT2D eigenvalue weighted by molar-refractivity contribution is -0.00769. The van der Waals surface area contributed by atoms with Crippen LogP contribution in [0, 0.1) is 11.6 Å². The van der Waals surface area contributed by atoms with Gasteiger partial charge >= 0.3 is 0 Å². The summed E-state index contributed by atoms with van der Waals surface area (Å²) in [6.07, 6.45) is 1.46. The molecule has 8 heteroatoms. The lowest BCUT2D eigenvalue weighted by Crippen LogP contribution is -2.44. The molecule has 2 aliphatic rings. The number of rotatable bonds is 5. The molecule has 3 rings (SSSR count). The molecule has 2 aliphatic heterocycles. The summed E-state index contributed by atoms with van der Waals surface area (Å²) in [6.45, 7) is 7.14. The maximum atomic E-state index is 14.3. The van der Waals surface area contributed by atoms with Crippen LogP contribution in [0.5, 0.6) is 5.75 Å². The molecule has 148 valence electrons. The highest BCUT2D eigenvalue weighted by Crippen LogP contribution is 2.28. The van der Waals surface area contributed by atoms with Crippen LogP contribution in [0.4, 0.5) is 14.5 Å². The van der Waals surface area contributed by atoms with Crippen LogP contribution < -0.4 is 15.0 Å². The number of aliphatic hydroxyl groups is 1. The van der Waals surface area contributed by atoms with E-state index in [2.05, 4.69) is 10.2 Å². The highest BCUT2D eigenvalue weighted by Gasteiger charge is 2.27. The lowest BCUT2D eigenvalue weighted by atomic mass is 9.94. The maximum absolute atomic E-state index is 14.3. The van der Waals surface area contributed by atoms with Crippen LogP contribution in [-0.4, -0.2) is 68.0 Å². The van der Waals surface area contributed by atoms with Crippen molar-refractivity contribution in [1.29, 1.82) is 0 Å². The van der Waals surface area contributed by atoms with Gasteiger partial charge in [-0.05, 0) is 19.8 Å². The largest absolute Gasteiger partial charge is 0.492 e. The summed E-state index contributed by atoms with van der Waals surface area (Å²) < 4.78 is 34.2. The first-order chi connectivity index (χ1) is 11.9. The summed E-state index contributed by atoms with van der Waals surface area (Å²) in [5.74, 6) is -0.935. The third-order valence-electron chi connectivity index (χ3n) is 5.03. The highest BCUT2D eigenvalue weighted by molar-refractivity contribution is 5.85. The van der Waals surface area contributed by atoms with E-state index < -0.39 is 17.2 Å². The third kappa shape index (κ3) is 5.42. The van der Waals surface area contributed by atoms with Crippen LogP contribution in [0.15, 0.2) is 12.1 Å². The van der Waals surface area contributed by atoms with E-state index in [1.54, 1.807) is 4.90 Å². The van der Waals surface area contributed by atoms with Crippen LogP contribution in [0.2, 0.25) is 0 Å². The van der Waals surface area contributed by atoms with Crippen molar-refractivity contribution in [3.05, 3.63) is 23.8 Å². The van der Waals surface area contributed by atoms with Crippen LogP contribution in [0.25, 0.3) is 0 Å². The number of anilines is 1. The van der Waals surface area contributed by atoms with E-state index >= 15 is 0 Å². The number of nitrogens with zero attached hydrogens (tertiary/aromatic N) is 2. The number of nitrogens with one attached hydrogen (secondary N) is 1. The van der Waals surface area contributed by atoms with Gasteiger partial charge in [-0.2, -0.15) is 0 Å². The van der Waals surface area contributed by atoms with Gasteiger partial charge in [0, 0.05) is 57.9 Å². The Morgan fingerprint density at radius 3 is 2.27 bits per heavy atom. The fraction of sp³-hybridized carbons (Fsp3) is 0.667. The number of halogens is 3. The molecule has 0 atom stereocenters. The molecule has 2 fully saturated rings. The monoisotopic (exact) mass is 391 g/mol. The van der Waals surface area contributed by atoms with E-state index in [0.717, 1.165) is 39.0 Å². The quantitative estimate of drug-likeness (QED) is 0.804. The van der Waals surface area contributed by atoms with Gasteiger partial charge in [0.05, 0.1) is 5.60 Å². The normalized spacial score (nSPS) is 20.5. The molecular weight excluding hydrogens is 364 g/mol. The first kappa shape index (κ1) is 21.2. The minimum Gasteiger partial charge on any atom is -0.492 e. The van der Waals surface area contributed by atoms with Crippen molar-refractivity contribution in [1.82, 2.24) is 10.2 Å². The summed E-state index contributed by atoms with van der Waals surface area (Å²) in [5.41, 5.74) is -0.546. The fourth-order valence-corrected chi connectivity index (χ4v) is 3.37. The van der Waals surface area contributed by atoms with Gasteiger partial charge in [0.15, 0.2) is 11.6 Å². The Labute approximate surface area is 159 Å². The first-order valence-electron chi connectivity index (χ1n) is 8.97. The predicted octanol–water partition coefficient (Wildman–Crippen LogP) is 2.02. The molecule has 5 nitrogen and oxygen atoms in total. The Bertz CT molecular complexity index is 565. The van der Waals surface area contributed by atoms with Gasteiger partial charge in [0.1, 0.15) is 18.0 Å². The van der Waals surface area contributed by atoms with E-state index in [1.165, 1.54) is 12.1 Å². The van der Waals surface area contributed by atoms with E-state index in [0.29, 0.717) is 26.2 Å². The standard InChI is InChI=1S/C18H27F2N3O2.ClH/c1-18(24)2-6-22(7-3-18)10-11-25-14-12-15(19)17(16(20)13-14)23-8-4-21-5-9-23;/h12-13,21,24H,2-11H2,1H3;1H. The van der Waals surface area contributed by atoms with Crippen molar-refractivity contribution in [2.24, 2.45) is 0 Å². The van der Waals surface area contributed by atoms with Crippen LogP contribution >= 0.6 is 12.4 Å². The topological polar surface area (TPSA) is 48.0 Å². The molecular formula is C18H28ClF2N3O2. The number of ether oxygens (including phenoxy) is 1. The number of benzene rings is 1. The molecule has 0 spiro atoms. The molecule has 0 unspecified atom stereocenters. The molecule has 0 aromatic heterocycles. The van der Waals surface area contributed by atoms with Gasteiger partial charge in [-0.1, -0.05) is 0 Å². The SMILES string of the molecule is CC1(O)CCN(CCOc2cc(F)c(N3CCNCC3)c(F)c2)CC1.Cl. The summed E-state index contributed by atoms with van der Waals surface area (Å²) >= 11 is 0. The van der Waals surface area contributed by atoms with E-state index in [-0.39, 0.29) is 23.8 Å². The molecule has 1 aromatic rings. The van der Waals surface area contributed by atoms with Gasteiger partial charge in [0.2, 0.25) is 0 Å². The Morgan fingerprint density at radius 2 is 1.69 bits per heavy atom. The smallest absolute Gasteiger partial charge is 0.153 e. The zero-order chi connectivity index (χ0) is 17.9. The molecule has 1 aromatic carbocycles. The second-order valence-corrected chi connectivity index (χ2v) is 7.16. The minimum atomic E-state index is -0.580. The zero-order valence-corrected chi connectivity index (χ0v) is 16.0. The third-order valence-corrected chi connectivity index (χ3v) is 5.03. The van der Waals surface area contributed by atoms with Crippen molar-refractivity contribution >= 4 is 18.1 Å². The minimum absolute atomic E-state index is 0. The Hall–Kier alpha value is -1.15. The van der Waals surface area contributed by atoms with Gasteiger partial charge in [-0.3, -0.25) is 4.90 Å². The molecule has 0 radical (unpaired) electrons. The van der Waals surface area contributed by atoms with E-state index in [1.807, 2.05) is 6.92 Å². The fourth-order valence-electron chi connectivity index (χ4n) is 3.37. The van der Waals surface area contributed by atoms with Crippen molar-refractivity contribution in [3.8, 4) is 5.75 Å². The molecule has 0 bridgehead atoms. The molecule has 0 amide bonds. The number of likely N-dealkylation sites (tertiary alicyclic amines) is 1. The van der Waals surface area contributed by atoms with Gasteiger partial charge in [-0.15, -0.1) is 12.4 Å². The number of piperazine rings is 1. The average molecular weight is 392 g/mol. The Morgan fingerprint density at radius 1 is 1.12 bits per heavy atom. The second-order valence-electron chi connectivity index (χ2n) is 7.16. The van der Waals surface area contributed by atoms with Crippen LogP contribution in [-0.2, 0) is 0 Å². The second kappa shape index (κ2) is 9.17. The lowest BCUT2D eigenvalue weighted by Gasteiger charge is -2.35. The summed E-state index contributed by atoms with van der Waals surface area (Å²) in [5, 5.41) is 13.1. The molecule has 26 heavy (non-hydrogen) atoms. The average Bonchev–Trinajstić information content (AvgIpc) is 2.57. The van der Waals surface area contributed by atoms with Gasteiger partial charge in [0.25, 0.3) is 0 Å². The zero-order valence-electron chi connectivity index (χ0n) is 15.1. The number of piperidine rings is 1. The number of hydrogen-bond acceptors (Lipinski definition) is 5. The van der Waals surface area contributed by atoms with E-state index in [4.69, 9.17) is 4.74 Å². The number of hydrogen-bond donors (Lipinski definition) is 2. The molecule has 0 aliphatic carbocycles. The van der Waals surface area contributed by atoms with Crippen molar-refractivity contribution in [2.75, 3.05) is 57.3 Å². The predicted molar refractivity (Wildman–Crippen MR) is 100 cm³/mol. The summed E-state index contributed by atoms with van der Waals surface area (Å²) in [6, 6.07) is 2.53. The van der Waals surface area contributed by atoms with Crippen LogP contribution in [0.3, 0.4) is 0 Å². The highest BCUT2D eigenvalue weighted by atomic mass is 35.5. The van der Waals surface area contributed by atoms with Crippen molar-refractivity contribution in [3.63, 3.8) is 0 Å². The van der Waals surface area contributed by atoms with Gasteiger partial charge in [-0.25, -0.2) is 8.78 Å². The molecule has 2 heterocycles. The van der Waals surface area contributed by atoms with Gasteiger partial charge < -0.3 is 20.1 Å². The van der Waals surface area contributed by atoms with Crippen LogP contribution in [0.1, 0.15) is 19.8 Å². The molecule has 2 saturated heterocycles. The summed E-state index contributed by atoms with van der Waals surface area (Å²) in [7, 11) is 0. The molecule has 0 saturated carbocycles. The van der Waals surface area contributed by atoms with Crippen molar-refractivity contribution < 1.29 is 18.6 Å². The first-order valence-corrected chi connectivity index (χ1v) is 8.97. The Balaban J connectivity index is 0.00000243. The maximum Gasteiger partial charge on any atom is 0.153 e. The van der Waals surface area contributed by atoms with Crippen molar-refractivity contribution in [2.45, 2.75) is 25.4 Å². The molecule has 2 N–H and O–H groups in total.